The maximum absolute atomic E-state index is 15.5. The van der Waals surface area contributed by atoms with Crippen molar-refractivity contribution in [1.29, 1.82) is 0 Å². The topological polar surface area (TPSA) is 51.5 Å². The van der Waals surface area contributed by atoms with Gasteiger partial charge in [-0.2, -0.15) is 0 Å². The fourth-order valence-electron chi connectivity index (χ4n) is 3.88. The number of anilines is 1. The molecule has 0 radical (unpaired) electrons. The molecule has 1 atom stereocenters. The third-order valence-electron chi connectivity index (χ3n) is 5.28. The molecule has 0 saturated carbocycles. The normalized spacial score (nSPS) is 12.9. The van der Waals surface area contributed by atoms with E-state index < -0.39 is 16.2 Å². The lowest BCUT2D eigenvalue weighted by Gasteiger charge is -2.25. The summed E-state index contributed by atoms with van der Waals surface area (Å²) in [6.45, 7) is -0.292. The molecule has 1 aromatic heterocycles. The van der Waals surface area contributed by atoms with Crippen LogP contribution in [0.3, 0.4) is 0 Å². The molecular weight excluding hydrogens is 563 g/mol. The zero-order chi connectivity index (χ0) is 23.0. The van der Waals surface area contributed by atoms with Gasteiger partial charge >= 0.3 is 0 Å². The van der Waals surface area contributed by atoms with E-state index in [1.807, 2.05) is 41.0 Å². The largest absolute Gasteiger partial charge is 0.497 e. The number of methoxy groups -OCH3 is 1. The van der Waals surface area contributed by atoms with Crippen LogP contribution in [0, 0.1) is 0 Å². The molecule has 0 aliphatic carbocycles. The summed E-state index contributed by atoms with van der Waals surface area (Å²) in [7, 11) is -2.20. The van der Waals surface area contributed by atoms with Crippen LogP contribution in [0.1, 0.15) is 0 Å². The molecule has 3 aromatic carbocycles. The van der Waals surface area contributed by atoms with Gasteiger partial charge in [-0.3, -0.25) is 4.31 Å². The van der Waals surface area contributed by atoms with E-state index in [4.69, 9.17) is 4.74 Å². The highest BCUT2D eigenvalue weighted by molar-refractivity contribution is 9.10. The molecule has 0 aliphatic heterocycles. The Bertz CT molecular complexity index is 1350. The molecule has 5 nitrogen and oxygen atoms in total. The summed E-state index contributed by atoms with van der Waals surface area (Å²) in [5, 5.41) is 1.99. The van der Waals surface area contributed by atoms with Crippen molar-refractivity contribution in [3.63, 3.8) is 0 Å². The molecule has 0 bridgehead atoms. The second kappa shape index (κ2) is 9.03. The Morgan fingerprint density at radius 1 is 1.00 bits per heavy atom. The van der Waals surface area contributed by atoms with Crippen LogP contribution in [0.25, 0.3) is 21.8 Å². The number of fused-ring (bicyclic) bond motifs is 3. The van der Waals surface area contributed by atoms with Crippen molar-refractivity contribution in [1.82, 2.24) is 4.57 Å². The van der Waals surface area contributed by atoms with E-state index in [0.717, 1.165) is 41.3 Å². The van der Waals surface area contributed by atoms with Crippen LogP contribution in [-0.2, 0) is 16.6 Å². The predicted octanol–water partition coefficient (Wildman–Crippen LogP) is 6.13. The van der Waals surface area contributed by atoms with E-state index in [2.05, 4.69) is 31.9 Å². The van der Waals surface area contributed by atoms with Crippen LogP contribution in [0.5, 0.6) is 5.75 Å². The average molecular weight is 584 g/mol. The Labute approximate surface area is 203 Å². The van der Waals surface area contributed by atoms with Gasteiger partial charge in [0, 0.05) is 36.8 Å². The first-order valence-electron chi connectivity index (χ1n) is 9.80. The summed E-state index contributed by atoms with van der Waals surface area (Å²) in [6, 6.07) is 18.3. The first kappa shape index (κ1) is 23.1. The number of hydrogen-bond acceptors (Lipinski definition) is 3. The number of nitrogens with zero attached hydrogens (tertiary/aromatic N) is 2. The van der Waals surface area contributed by atoms with Crippen LogP contribution in [-0.4, -0.2) is 39.1 Å². The minimum absolute atomic E-state index is 0.0131. The lowest BCUT2D eigenvalue weighted by atomic mass is 10.2. The van der Waals surface area contributed by atoms with Crippen LogP contribution in [0.4, 0.5) is 10.1 Å². The highest BCUT2D eigenvalue weighted by atomic mass is 79.9. The van der Waals surface area contributed by atoms with Gasteiger partial charge < -0.3 is 9.30 Å². The van der Waals surface area contributed by atoms with E-state index in [1.54, 1.807) is 24.3 Å². The lowest BCUT2D eigenvalue weighted by Crippen LogP contribution is -2.37. The minimum Gasteiger partial charge on any atom is -0.497 e. The lowest BCUT2D eigenvalue weighted by molar-refractivity contribution is 0.309. The predicted molar refractivity (Wildman–Crippen MR) is 135 cm³/mol. The standard InChI is InChI=1S/C23H21Br2FN2O3S/c1-31-19-5-3-4-18(12-19)28(32(2,29)30)14-17(26)13-27-22-8-6-15(24)10-20(22)21-11-16(25)7-9-23(21)27/h3-12,17H,13-14H2,1-2H3. The van der Waals surface area contributed by atoms with Crippen molar-refractivity contribution >= 4 is 69.4 Å². The first-order chi connectivity index (χ1) is 15.2. The van der Waals surface area contributed by atoms with Gasteiger partial charge in [-0.25, -0.2) is 12.8 Å². The Hall–Kier alpha value is -2.10. The number of alkyl halides is 1. The van der Waals surface area contributed by atoms with E-state index in [1.165, 1.54) is 7.11 Å². The summed E-state index contributed by atoms with van der Waals surface area (Å²) in [5.74, 6) is 0.505. The molecule has 168 valence electrons. The monoisotopic (exact) mass is 582 g/mol. The number of ether oxygens (including phenoxy) is 1. The molecule has 9 heteroatoms. The van der Waals surface area contributed by atoms with Gasteiger partial charge in [0.1, 0.15) is 11.9 Å². The third kappa shape index (κ3) is 4.65. The van der Waals surface area contributed by atoms with Crippen LogP contribution in [0.2, 0.25) is 0 Å². The summed E-state index contributed by atoms with van der Waals surface area (Å²) in [5.41, 5.74) is 2.14. The van der Waals surface area contributed by atoms with Gasteiger partial charge in [0.05, 0.1) is 32.1 Å². The van der Waals surface area contributed by atoms with Crippen LogP contribution < -0.4 is 9.04 Å². The molecule has 4 rings (SSSR count). The van der Waals surface area contributed by atoms with Crippen LogP contribution in [0.15, 0.2) is 69.6 Å². The maximum atomic E-state index is 15.5. The molecule has 0 N–H and O–H groups in total. The summed E-state index contributed by atoms with van der Waals surface area (Å²) in [4.78, 5) is 0. The number of rotatable bonds is 7. The van der Waals surface area contributed by atoms with E-state index in [-0.39, 0.29) is 13.1 Å². The Morgan fingerprint density at radius 2 is 1.59 bits per heavy atom. The highest BCUT2D eigenvalue weighted by Crippen LogP contribution is 2.33. The SMILES string of the molecule is COc1cccc(N(CC(F)Cn2c3ccc(Br)cc3c3cc(Br)ccc32)S(C)(=O)=O)c1. The molecular formula is C23H21Br2FN2O3S. The molecule has 1 unspecified atom stereocenters. The molecule has 0 saturated heterocycles. The summed E-state index contributed by atoms with van der Waals surface area (Å²) in [6.07, 6.45) is -0.364. The highest BCUT2D eigenvalue weighted by Gasteiger charge is 2.24. The quantitative estimate of drug-likeness (QED) is 0.263. The zero-order valence-corrected chi connectivity index (χ0v) is 21.4. The maximum Gasteiger partial charge on any atom is 0.232 e. The Morgan fingerprint density at radius 3 is 2.12 bits per heavy atom. The second-order valence-corrected chi connectivity index (χ2v) is 11.3. The van der Waals surface area contributed by atoms with Crippen molar-refractivity contribution < 1.29 is 17.5 Å². The van der Waals surface area contributed by atoms with Gasteiger partial charge in [-0.05, 0) is 48.5 Å². The van der Waals surface area contributed by atoms with Gasteiger partial charge in [0.25, 0.3) is 0 Å². The molecule has 0 fully saturated rings. The van der Waals surface area contributed by atoms with Crippen molar-refractivity contribution in [2.24, 2.45) is 0 Å². The Kier molecular flexibility index (Phi) is 6.51. The van der Waals surface area contributed by atoms with Crippen molar-refractivity contribution in [3.05, 3.63) is 69.6 Å². The summed E-state index contributed by atoms with van der Waals surface area (Å²) >= 11 is 7.02. The average Bonchev–Trinajstić information content (AvgIpc) is 3.03. The molecule has 0 aliphatic rings. The fourth-order valence-corrected chi connectivity index (χ4v) is 5.53. The van der Waals surface area contributed by atoms with Gasteiger partial charge in [-0.1, -0.05) is 37.9 Å². The number of benzene rings is 3. The number of sulfonamides is 1. The molecule has 1 heterocycles. The van der Waals surface area contributed by atoms with Crippen molar-refractivity contribution in [3.8, 4) is 5.75 Å². The van der Waals surface area contributed by atoms with Gasteiger partial charge in [0.15, 0.2) is 0 Å². The van der Waals surface area contributed by atoms with E-state index >= 15 is 4.39 Å². The number of halogens is 3. The number of hydrogen-bond donors (Lipinski definition) is 0. The van der Waals surface area contributed by atoms with E-state index in [9.17, 15) is 8.42 Å². The van der Waals surface area contributed by atoms with Gasteiger partial charge in [-0.15, -0.1) is 0 Å². The van der Waals surface area contributed by atoms with Crippen molar-refractivity contribution in [2.45, 2.75) is 12.7 Å². The minimum atomic E-state index is -3.70. The third-order valence-corrected chi connectivity index (χ3v) is 7.42. The molecule has 0 spiro atoms. The molecule has 32 heavy (non-hydrogen) atoms. The zero-order valence-electron chi connectivity index (χ0n) is 17.4. The van der Waals surface area contributed by atoms with Gasteiger partial charge in [0.2, 0.25) is 10.0 Å². The molecule has 4 aromatic rings. The second-order valence-electron chi connectivity index (χ2n) is 7.53. The Balaban J connectivity index is 1.71. The number of aromatic nitrogens is 1. The first-order valence-corrected chi connectivity index (χ1v) is 13.2. The summed E-state index contributed by atoms with van der Waals surface area (Å²) < 4.78 is 50.4. The van der Waals surface area contributed by atoms with Crippen LogP contribution >= 0.6 is 31.9 Å². The van der Waals surface area contributed by atoms with Crippen molar-refractivity contribution in [2.75, 3.05) is 24.2 Å². The fraction of sp³-hybridized carbons (Fsp3) is 0.217. The smallest absolute Gasteiger partial charge is 0.232 e. The molecule has 0 amide bonds. The van der Waals surface area contributed by atoms with E-state index in [0.29, 0.717) is 11.4 Å².